The first kappa shape index (κ1) is 20.9. The molecule has 0 unspecified atom stereocenters. The molecular formula is C22H15F4N5O2. The van der Waals surface area contributed by atoms with Gasteiger partial charge >= 0.3 is 12.2 Å². The van der Waals surface area contributed by atoms with Gasteiger partial charge in [0.15, 0.2) is 5.82 Å². The fraction of sp³-hybridized carbons (Fsp3) is 0.136. The van der Waals surface area contributed by atoms with E-state index in [1.165, 1.54) is 17.1 Å². The molecule has 0 fully saturated rings. The Labute approximate surface area is 184 Å². The molecule has 33 heavy (non-hydrogen) atoms. The lowest BCUT2D eigenvalue weighted by Gasteiger charge is -2.13. The molecule has 0 saturated carbocycles. The Hall–Kier alpha value is -3.99. The van der Waals surface area contributed by atoms with E-state index in [1.54, 1.807) is 24.3 Å². The maximum atomic E-state index is 14.3. The standard InChI is InChI=1S/C22H15F4N5O2/c23-19-15(22(24,25)26)2-1-3-16(19)30-21(32)31-7-6-12-8-13(4-5-18(12)31)33-20-14-9-27-10-17(14)28-11-29-20/h1-8,11,27H,9-10H2,(H,30,32). The highest BCUT2D eigenvalue weighted by Gasteiger charge is 2.35. The molecule has 7 nitrogen and oxygen atoms in total. The number of carbonyl (C=O) groups excluding carboxylic acids is 1. The van der Waals surface area contributed by atoms with Crippen LogP contribution in [0.3, 0.4) is 0 Å². The van der Waals surface area contributed by atoms with E-state index in [0.29, 0.717) is 41.7 Å². The predicted octanol–water partition coefficient (Wildman–Crippen LogP) is 5.06. The lowest BCUT2D eigenvalue weighted by Crippen LogP contribution is -2.20. The summed E-state index contributed by atoms with van der Waals surface area (Å²) >= 11 is 0. The van der Waals surface area contributed by atoms with Crippen LogP contribution in [0.15, 0.2) is 55.0 Å². The van der Waals surface area contributed by atoms with E-state index < -0.39 is 29.3 Å². The van der Waals surface area contributed by atoms with Crippen LogP contribution in [0.1, 0.15) is 16.8 Å². The Morgan fingerprint density at radius 2 is 1.97 bits per heavy atom. The minimum atomic E-state index is -4.87. The first-order valence-corrected chi connectivity index (χ1v) is 9.81. The van der Waals surface area contributed by atoms with Crippen molar-refractivity contribution in [3.8, 4) is 11.6 Å². The highest BCUT2D eigenvalue weighted by atomic mass is 19.4. The number of ether oxygens (including phenoxy) is 1. The predicted molar refractivity (Wildman–Crippen MR) is 110 cm³/mol. The lowest BCUT2D eigenvalue weighted by atomic mass is 10.2. The van der Waals surface area contributed by atoms with Gasteiger partial charge in [-0.2, -0.15) is 13.2 Å². The van der Waals surface area contributed by atoms with Gasteiger partial charge in [-0.05, 0) is 36.4 Å². The topological polar surface area (TPSA) is 81.1 Å². The molecule has 4 aromatic rings. The maximum absolute atomic E-state index is 14.3. The van der Waals surface area contributed by atoms with Crippen LogP contribution in [0.5, 0.6) is 11.6 Å². The number of nitrogens with zero attached hydrogens (tertiary/aromatic N) is 3. The number of benzene rings is 2. The van der Waals surface area contributed by atoms with Crippen LogP contribution in [-0.2, 0) is 19.3 Å². The normalized spacial score (nSPS) is 13.2. The molecule has 0 bridgehead atoms. The van der Waals surface area contributed by atoms with Gasteiger partial charge in [-0.25, -0.2) is 19.2 Å². The molecule has 1 aliphatic heterocycles. The molecule has 0 atom stereocenters. The summed E-state index contributed by atoms with van der Waals surface area (Å²) in [6.45, 7) is 1.23. The number of carbonyl (C=O) groups is 1. The van der Waals surface area contributed by atoms with Crippen molar-refractivity contribution in [1.82, 2.24) is 19.9 Å². The Bertz CT molecular complexity index is 1380. The molecule has 2 aromatic heterocycles. The molecule has 0 spiro atoms. The fourth-order valence-electron chi connectivity index (χ4n) is 3.65. The number of hydrogen-bond donors (Lipinski definition) is 2. The molecule has 11 heteroatoms. The van der Waals surface area contributed by atoms with Crippen molar-refractivity contribution in [3.05, 3.63) is 77.6 Å². The Morgan fingerprint density at radius 1 is 1.12 bits per heavy atom. The van der Waals surface area contributed by atoms with E-state index in [4.69, 9.17) is 4.74 Å². The van der Waals surface area contributed by atoms with Crippen LogP contribution in [-0.4, -0.2) is 20.6 Å². The molecule has 0 aliphatic carbocycles. The Morgan fingerprint density at radius 3 is 2.79 bits per heavy atom. The van der Waals surface area contributed by atoms with Gasteiger partial charge < -0.3 is 15.4 Å². The van der Waals surface area contributed by atoms with Gasteiger partial charge in [0.2, 0.25) is 5.88 Å². The Kier molecular flexibility index (Phi) is 4.97. The van der Waals surface area contributed by atoms with Gasteiger partial charge in [0.05, 0.1) is 28.0 Å². The third-order valence-corrected chi connectivity index (χ3v) is 5.23. The number of rotatable bonds is 3. The van der Waals surface area contributed by atoms with Gasteiger partial charge in [-0.15, -0.1) is 0 Å². The summed E-state index contributed by atoms with van der Waals surface area (Å²) in [5.74, 6) is -0.628. The number of nitrogens with one attached hydrogen (secondary N) is 2. The van der Waals surface area contributed by atoms with Crippen LogP contribution in [0.4, 0.5) is 28.0 Å². The largest absolute Gasteiger partial charge is 0.439 e. The highest BCUT2D eigenvalue weighted by molar-refractivity contribution is 5.98. The quantitative estimate of drug-likeness (QED) is 0.420. The molecule has 2 aromatic carbocycles. The zero-order chi connectivity index (χ0) is 23.2. The van der Waals surface area contributed by atoms with Crippen LogP contribution in [0, 0.1) is 5.82 Å². The molecule has 0 radical (unpaired) electrons. The summed E-state index contributed by atoms with van der Waals surface area (Å²) in [4.78, 5) is 21.0. The zero-order valence-electron chi connectivity index (χ0n) is 16.8. The summed E-state index contributed by atoms with van der Waals surface area (Å²) < 4.78 is 60.1. The van der Waals surface area contributed by atoms with E-state index in [2.05, 4.69) is 20.6 Å². The minimum Gasteiger partial charge on any atom is -0.439 e. The molecule has 3 heterocycles. The number of alkyl halides is 3. The van der Waals surface area contributed by atoms with Crippen LogP contribution in [0.25, 0.3) is 10.9 Å². The molecule has 1 amide bonds. The summed E-state index contributed by atoms with van der Waals surface area (Å²) in [6.07, 6.45) is -2.02. The van der Waals surface area contributed by atoms with Crippen molar-refractivity contribution in [2.75, 3.05) is 5.32 Å². The number of amides is 1. The second-order valence-electron chi connectivity index (χ2n) is 7.31. The van der Waals surface area contributed by atoms with Gasteiger partial charge in [-0.3, -0.25) is 4.57 Å². The molecule has 168 valence electrons. The van der Waals surface area contributed by atoms with E-state index in [9.17, 15) is 22.4 Å². The second kappa shape index (κ2) is 7.85. The first-order valence-electron chi connectivity index (χ1n) is 9.81. The van der Waals surface area contributed by atoms with Crippen LogP contribution >= 0.6 is 0 Å². The van der Waals surface area contributed by atoms with E-state index in [0.717, 1.165) is 23.4 Å². The van der Waals surface area contributed by atoms with Crippen molar-refractivity contribution in [2.24, 2.45) is 0 Å². The zero-order valence-corrected chi connectivity index (χ0v) is 16.8. The van der Waals surface area contributed by atoms with E-state index in [1.807, 2.05) is 0 Å². The molecule has 0 saturated heterocycles. The van der Waals surface area contributed by atoms with Gasteiger partial charge in [0.1, 0.15) is 12.1 Å². The summed E-state index contributed by atoms with van der Waals surface area (Å²) in [5, 5.41) is 6.00. The second-order valence-corrected chi connectivity index (χ2v) is 7.31. The monoisotopic (exact) mass is 457 g/mol. The van der Waals surface area contributed by atoms with E-state index in [-0.39, 0.29) is 0 Å². The first-order chi connectivity index (χ1) is 15.8. The van der Waals surface area contributed by atoms with Crippen molar-refractivity contribution < 1.29 is 27.1 Å². The summed E-state index contributed by atoms with van der Waals surface area (Å²) in [5.41, 5.74) is 0.180. The Balaban J connectivity index is 1.40. The van der Waals surface area contributed by atoms with E-state index >= 15 is 0 Å². The SMILES string of the molecule is O=C(Nc1cccc(C(F)(F)F)c1F)n1ccc2cc(Oc3ncnc4c3CNC4)ccc21. The average Bonchev–Trinajstić information content (AvgIpc) is 3.41. The maximum Gasteiger partial charge on any atom is 0.419 e. The number of fused-ring (bicyclic) bond motifs is 2. The van der Waals surface area contributed by atoms with Gasteiger partial charge in [0.25, 0.3) is 0 Å². The smallest absolute Gasteiger partial charge is 0.419 e. The number of anilines is 1. The van der Waals surface area contributed by atoms with Gasteiger partial charge in [0, 0.05) is 24.7 Å². The van der Waals surface area contributed by atoms with Crippen LogP contribution < -0.4 is 15.4 Å². The van der Waals surface area contributed by atoms with Crippen molar-refractivity contribution >= 4 is 22.6 Å². The molecule has 5 rings (SSSR count). The van der Waals surface area contributed by atoms with Crippen molar-refractivity contribution in [1.29, 1.82) is 0 Å². The minimum absolute atomic E-state index is 0.432. The molecule has 1 aliphatic rings. The molecular weight excluding hydrogens is 442 g/mol. The lowest BCUT2D eigenvalue weighted by molar-refractivity contribution is -0.139. The number of hydrogen-bond acceptors (Lipinski definition) is 5. The summed E-state index contributed by atoms with van der Waals surface area (Å²) in [7, 11) is 0. The number of aromatic nitrogens is 3. The summed E-state index contributed by atoms with van der Waals surface area (Å²) in [6, 6.07) is 8.47. The third-order valence-electron chi connectivity index (χ3n) is 5.23. The highest BCUT2D eigenvalue weighted by Crippen LogP contribution is 2.34. The van der Waals surface area contributed by atoms with Crippen LogP contribution in [0.2, 0.25) is 0 Å². The van der Waals surface area contributed by atoms with Gasteiger partial charge in [-0.1, -0.05) is 6.07 Å². The third kappa shape index (κ3) is 3.87. The molecule has 2 N–H and O–H groups in total. The van der Waals surface area contributed by atoms with Crippen molar-refractivity contribution in [2.45, 2.75) is 19.3 Å². The fourth-order valence-corrected chi connectivity index (χ4v) is 3.65. The van der Waals surface area contributed by atoms with Crippen molar-refractivity contribution in [3.63, 3.8) is 0 Å². The average molecular weight is 457 g/mol. The number of halogens is 4.